The summed E-state index contributed by atoms with van der Waals surface area (Å²) in [5.41, 5.74) is 1.25. The number of anilines is 1. The van der Waals surface area contributed by atoms with Gasteiger partial charge in [0.2, 0.25) is 0 Å². The van der Waals surface area contributed by atoms with E-state index in [1.807, 2.05) is 31.2 Å². The number of rotatable bonds is 64. The maximum Gasteiger partial charge on any atom is 0.322 e. The van der Waals surface area contributed by atoms with Crippen molar-refractivity contribution in [1.29, 1.82) is 0 Å². The molecule has 3 aliphatic heterocycles. The van der Waals surface area contributed by atoms with E-state index in [0.29, 0.717) is 152 Å². The van der Waals surface area contributed by atoms with Crippen molar-refractivity contribution in [2.45, 2.75) is 308 Å². The van der Waals surface area contributed by atoms with Crippen LogP contribution in [0.2, 0.25) is 0 Å². The molecule has 0 amide bonds. The lowest BCUT2D eigenvalue weighted by molar-refractivity contribution is -0.142. The highest BCUT2D eigenvalue weighted by Crippen LogP contribution is 2.56. The van der Waals surface area contributed by atoms with E-state index in [2.05, 4.69) is 77.8 Å². The van der Waals surface area contributed by atoms with Gasteiger partial charge in [0.25, 0.3) is 101 Å². The Kier molecular flexibility index (Phi) is 69.4. The molecule has 54 heteroatoms. The number of methoxy groups -OCH3 is 2. The summed E-state index contributed by atoms with van der Waals surface area (Å²) in [6, 6.07) is 8.81. The number of fused-ring (bicyclic) bond motifs is 3. The average molecular weight is 2310 g/mol. The van der Waals surface area contributed by atoms with E-state index in [-0.39, 0.29) is 76.6 Å². The van der Waals surface area contributed by atoms with Crippen molar-refractivity contribution in [1.82, 2.24) is 47.0 Å². The molecule has 2 unspecified atom stereocenters. The summed E-state index contributed by atoms with van der Waals surface area (Å²) in [4.78, 5) is 15.5. The average Bonchev–Trinajstić information content (AvgIpc) is 0.756. The maximum absolute atomic E-state index is 10.9. The van der Waals surface area contributed by atoms with E-state index in [1.165, 1.54) is 129 Å². The standard InChI is InChI=1S/2C14H25NO3S.C13H29NO6S2.C12H25NO3S.C10H20N2O3S.C10H15NO4S.C9H21NO4S.C7H15NO5S.C4H11NO3S/c16-19(17,18)4-2-1-3-15-14-8-11-5-12(9-14)7-13(6-11)10-14;16-19(17,18)4-2-1-3-15-14-12-6-10-5-11(8-12)9-13(14)7-10;1-13(2)7-10-14(8-3-5-11-21(15,16)17)9-4-6-12-22(18,19)20;1-2-6-11-9-12(10-11)13-7-4-3-5-8-17(14,15)16;13-16(14,15)7-1-4-11-10-8-12-5-2-9(10)3-6-12;1-15-10-5-3-9(4-6-10)11-7-2-8-16(12,13)14;1-2-5-9(8-11)10-6-3-4-7-15(12,13)14;1-6(7(9)13-2)8-4-3-5-14(10,11)12;1-5-3-2-4-9(6,7)8/h11-13,15H,1-10H2,(H,16,17,18);10-15H,1-9H2,(H,16,17,18);13H,3-12H2,1-2H3,(H,15,16,17)(H,18,19,20);11-13H,2-10H2,1H3,(H,14,15,16);9-11H,1-8H2,(H,13,14,15);3-6,11H,2,7-8H2,1H3,(H,12,13,14);9-11H,2-8H2,1H3,(H,12,13,14);6,8H,3-5H2,1-2H3,(H,10,11,12);5H,2-4H2,1H3,(H,6,7,8)/t;;;;;;;6-;/m.......1./s1. The summed E-state index contributed by atoms with van der Waals surface area (Å²) in [6.07, 6.45) is 36.2. The zero-order valence-corrected chi connectivity index (χ0v) is 96.3. The molecule has 12 fully saturated rings. The molecular formula is C93H186N10O34S10. The molecule has 9 aliphatic carbocycles. The van der Waals surface area contributed by atoms with Crippen LogP contribution in [-0.2, 0) is 111 Å². The van der Waals surface area contributed by atoms with Crippen molar-refractivity contribution in [3.05, 3.63) is 24.3 Å². The number of unbranched alkanes of at least 4 members (excludes halogenated alkanes) is 7. The molecule has 0 spiro atoms. The van der Waals surface area contributed by atoms with Crippen molar-refractivity contribution >= 4 is 113 Å². The smallest absolute Gasteiger partial charge is 0.322 e. The van der Waals surface area contributed by atoms with Gasteiger partial charge in [-0.15, -0.1) is 0 Å². The van der Waals surface area contributed by atoms with Gasteiger partial charge in [-0.05, 0) is 388 Å². The number of nitrogens with one attached hydrogen (secondary N) is 8. The number of hydrogen-bond donors (Lipinski definition) is 19. The first-order valence-electron chi connectivity index (χ1n) is 52.5. The second-order valence-corrected chi connectivity index (χ2v) is 57.2. The number of esters is 1. The number of aliphatic hydroxyl groups is 1. The van der Waals surface area contributed by atoms with Gasteiger partial charge in [0, 0.05) is 48.5 Å². The number of carbonyl (C=O) groups excluding carboxylic acids is 1. The van der Waals surface area contributed by atoms with Gasteiger partial charge in [-0.3, -0.25) is 50.3 Å². The number of hydrogen-bond acceptors (Lipinski definition) is 34. The second-order valence-electron chi connectivity index (χ2n) is 41.5. The summed E-state index contributed by atoms with van der Waals surface area (Å²) >= 11 is 0. The molecule has 3 atom stereocenters. The molecule has 9 saturated carbocycles. The number of nitrogens with zero attached hydrogens (tertiary/aromatic N) is 2. The van der Waals surface area contributed by atoms with E-state index in [9.17, 15) is 89.0 Å². The van der Waals surface area contributed by atoms with Crippen LogP contribution >= 0.6 is 0 Å². The summed E-state index contributed by atoms with van der Waals surface area (Å²) in [6.45, 7) is 21.6. The minimum absolute atomic E-state index is 0.0979. The zero-order chi connectivity index (χ0) is 111. The summed E-state index contributed by atoms with van der Waals surface area (Å²) < 4.78 is 304. The fourth-order valence-corrected chi connectivity index (χ4v) is 26.5. The highest BCUT2D eigenvalue weighted by molar-refractivity contribution is 7.87. The van der Waals surface area contributed by atoms with Crippen molar-refractivity contribution in [3.8, 4) is 5.75 Å². The number of ether oxygens (including phenoxy) is 2. The Morgan fingerprint density at radius 2 is 0.796 bits per heavy atom. The molecule has 147 heavy (non-hydrogen) atoms. The molecule has 872 valence electrons. The third kappa shape index (κ3) is 76.3. The molecule has 0 aromatic heterocycles. The van der Waals surface area contributed by atoms with Crippen LogP contribution in [0.15, 0.2) is 24.3 Å². The van der Waals surface area contributed by atoms with Crippen LogP contribution in [0.5, 0.6) is 5.75 Å². The lowest BCUT2D eigenvalue weighted by Crippen LogP contribution is -2.58. The third-order valence-electron chi connectivity index (χ3n) is 27.7. The number of benzene rings is 1. The molecule has 13 rings (SSSR count). The molecule has 3 heterocycles. The van der Waals surface area contributed by atoms with Crippen LogP contribution in [0.3, 0.4) is 0 Å². The van der Waals surface area contributed by atoms with Crippen LogP contribution in [0, 0.1) is 59.2 Å². The second kappa shape index (κ2) is 72.8. The molecule has 10 bridgehead atoms. The minimum atomic E-state index is -3.90. The van der Waals surface area contributed by atoms with Crippen LogP contribution in [0.1, 0.15) is 272 Å². The Hall–Kier alpha value is -3.01. The predicted molar refractivity (Wildman–Crippen MR) is 575 cm³/mol. The first kappa shape index (κ1) is 140. The number of piperidine rings is 3. The normalized spacial score (nSPS) is 23.7. The Balaban J connectivity index is 0.000000563. The lowest BCUT2D eigenvalue weighted by Gasteiger charge is -2.57. The predicted octanol–water partition coefficient (Wildman–Crippen LogP) is 8.80. The van der Waals surface area contributed by atoms with Gasteiger partial charge >= 0.3 is 5.97 Å². The fraction of sp³-hybridized carbons (Fsp3) is 0.925. The fourth-order valence-electron chi connectivity index (χ4n) is 21.0. The van der Waals surface area contributed by atoms with E-state index >= 15 is 0 Å². The lowest BCUT2D eigenvalue weighted by atomic mass is 9.53. The summed E-state index contributed by atoms with van der Waals surface area (Å²) in [5.74, 6) is 7.39. The van der Waals surface area contributed by atoms with E-state index in [0.717, 1.165) is 142 Å². The van der Waals surface area contributed by atoms with Crippen LogP contribution in [0.4, 0.5) is 5.69 Å². The Bertz CT molecular complexity index is 4860. The quantitative estimate of drug-likeness (QED) is 0.0164. The Morgan fingerprint density at radius 1 is 0.415 bits per heavy atom. The van der Waals surface area contributed by atoms with Crippen LogP contribution in [0.25, 0.3) is 0 Å². The van der Waals surface area contributed by atoms with Crippen LogP contribution in [-0.4, -0.2) is 363 Å². The van der Waals surface area contributed by atoms with E-state index in [4.69, 9.17) is 55.4 Å². The number of aliphatic hydroxyl groups excluding tert-OH is 1. The number of carbonyl (C=O) groups is 1. The van der Waals surface area contributed by atoms with Gasteiger partial charge in [-0.25, -0.2) is 0 Å². The molecule has 19 N–H and O–H groups in total. The summed E-state index contributed by atoms with van der Waals surface area (Å²) in [7, 11) is -33.6. The monoisotopic (exact) mass is 2310 g/mol. The van der Waals surface area contributed by atoms with E-state index in [1.54, 1.807) is 21.1 Å². The molecule has 44 nitrogen and oxygen atoms in total. The molecule has 0 radical (unpaired) electrons. The van der Waals surface area contributed by atoms with Gasteiger partial charge in [0.05, 0.1) is 78.4 Å². The van der Waals surface area contributed by atoms with Gasteiger partial charge in [-0.1, -0.05) is 53.4 Å². The first-order valence-corrected chi connectivity index (χ1v) is 68.6. The molecular weight excluding hydrogens is 2120 g/mol. The Labute approximate surface area is 882 Å². The summed E-state index contributed by atoms with van der Waals surface area (Å²) in [5, 5.41) is 34.9. The van der Waals surface area contributed by atoms with Crippen LogP contribution < -0.4 is 47.3 Å². The van der Waals surface area contributed by atoms with Gasteiger partial charge in [-0.2, -0.15) is 84.2 Å². The van der Waals surface area contributed by atoms with Crippen molar-refractivity contribution in [2.24, 2.45) is 59.2 Å². The third-order valence-corrected chi connectivity index (χ3v) is 35.7. The van der Waals surface area contributed by atoms with Gasteiger partial charge in [0.1, 0.15) is 11.8 Å². The Morgan fingerprint density at radius 3 is 1.20 bits per heavy atom. The highest BCUT2D eigenvalue weighted by atomic mass is 32.3. The zero-order valence-electron chi connectivity index (χ0n) is 88.1. The van der Waals surface area contributed by atoms with Gasteiger partial charge < -0.3 is 66.9 Å². The van der Waals surface area contributed by atoms with Crippen molar-refractivity contribution in [2.75, 3.05) is 182 Å². The SMILES string of the molecule is CC(C)CCN(CCCCS(=O)(=O)O)CCCCS(=O)(=O)O.CCCC(CO)NCCCCS(=O)(=O)O.CCCC1CC(NCCCCCS(=O)(=O)O)C1.CNCCCS(=O)(=O)O.COC(=O)[C@@H](C)NCCCS(=O)(=O)O.COc1ccc(NCCCS(=O)(=O)O)cc1.O=S(=O)(O)CCCCNC12CC3CC(CC(C3)C1)C2.O=S(=O)(O)CCCCNC1C2CC3CC(C2)CC1C3.O=S(=O)(O)CCCNC1CN2CCC1CC2. The first-order chi connectivity index (χ1) is 68.4. The minimum Gasteiger partial charge on any atom is -0.497 e. The molecule has 12 aliphatic rings. The van der Waals surface area contributed by atoms with E-state index < -0.39 is 113 Å². The molecule has 1 aromatic rings. The largest absolute Gasteiger partial charge is 0.497 e. The van der Waals surface area contributed by atoms with Gasteiger partial charge in [0.15, 0.2) is 0 Å². The maximum atomic E-state index is 10.9. The topological polar surface area (TPSA) is 702 Å². The van der Waals surface area contributed by atoms with Crippen molar-refractivity contribution in [3.63, 3.8) is 0 Å². The highest BCUT2D eigenvalue weighted by Gasteiger charge is 2.51. The molecule has 3 saturated heterocycles. The van der Waals surface area contributed by atoms with Crippen molar-refractivity contribution < 1.29 is 149 Å². The molecule has 1 aromatic carbocycles.